The Morgan fingerprint density at radius 1 is 1.15 bits per heavy atom. The Balaban J connectivity index is 1.45. The highest BCUT2D eigenvalue weighted by Gasteiger charge is 2.56. The Labute approximate surface area is 192 Å². The van der Waals surface area contributed by atoms with Crippen LogP contribution in [-0.4, -0.2) is 37.0 Å². The molecule has 5 rings (SSSR count). The van der Waals surface area contributed by atoms with Crippen molar-refractivity contribution in [2.45, 2.75) is 25.3 Å². The van der Waals surface area contributed by atoms with Crippen LogP contribution in [-0.2, 0) is 11.2 Å². The predicted molar refractivity (Wildman–Crippen MR) is 121 cm³/mol. The molecule has 2 aromatic rings. The second kappa shape index (κ2) is 7.89. The van der Waals surface area contributed by atoms with E-state index < -0.39 is 0 Å². The highest BCUT2D eigenvalue weighted by molar-refractivity contribution is 6.04. The predicted octanol–water partition coefficient (Wildman–Crippen LogP) is 3.97. The van der Waals surface area contributed by atoms with Gasteiger partial charge in [-0.25, -0.2) is 0 Å². The maximum Gasteiger partial charge on any atom is 0.179 e. The molecule has 162 valence electrons. The number of nitrogens with zero attached hydrogens (tertiary/aromatic N) is 4. The summed E-state index contributed by atoms with van der Waals surface area (Å²) in [6.07, 6.45) is 6.71. The van der Waals surface area contributed by atoms with Crippen LogP contribution in [0.25, 0.3) is 11.1 Å². The molecule has 0 radical (unpaired) electrons. The molecule has 1 fully saturated rings. The van der Waals surface area contributed by atoms with Crippen molar-refractivity contribution in [1.82, 2.24) is 4.90 Å². The monoisotopic (exact) mass is 434 g/mol. The van der Waals surface area contributed by atoms with E-state index in [2.05, 4.69) is 24.4 Å². The molecule has 1 heterocycles. The maximum atomic E-state index is 13.6. The van der Waals surface area contributed by atoms with Crippen LogP contribution in [0.3, 0.4) is 0 Å². The molecule has 1 saturated heterocycles. The lowest BCUT2D eigenvalue weighted by Crippen LogP contribution is -2.28. The van der Waals surface area contributed by atoms with Crippen molar-refractivity contribution in [1.29, 1.82) is 15.8 Å². The van der Waals surface area contributed by atoms with E-state index in [0.29, 0.717) is 35.4 Å². The van der Waals surface area contributed by atoms with E-state index in [0.717, 1.165) is 36.0 Å². The van der Waals surface area contributed by atoms with Gasteiger partial charge in [-0.3, -0.25) is 4.79 Å². The number of Topliss-reactive ketones (excluding diaryl/α,β-unsaturated/α-hetero) is 1. The van der Waals surface area contributed by atoms with E-state index in [1.54, 1.807) is 30.2 Å². The van der Waals surface area contributed by atoms with E-state index in [1.165, 1.54) is 0 Å². The Hall–Kier alpha value is -3.92. The van der Waals surface area contributed by atoms with Gasteiger partial charge in [0.2, 0.25) is 0 Å². The molecule has 1 aliphatic heterocycles. The average Bonchev–Trinajstić information content (AvgIpc) is 3.41. The summed E-state index contributed by atoms with van der Waals surface area (Å²) in [5.74, 6) is -0.106. The number of ether oxygens (including phenoxy) is 1. The third-order valence-electron chi connectivity index (χ3n) is 7.23. The Morgan fingerprint density at radius 3 is 2.73 bits per heavy atom. The van der Waals surface area contributed by atoms with E-state index >= 15 is 0 Å². The summed E-state index contributed by atoms with van der Waals surface area (Å²) in [7, 11) is 1.64. The molecule has 2 aromatic carbocycles. The van der Waals surface area contributed by atoms with E-state index in [-0.39, 0.29) is 23.2 Å². The van der Waals surface area contributed by atoms with E-state index in [4.69, 9.17) is 4.74 Å². The fourth-order valence-electron chi connectivity index (χ4n) is 5.59. The number of methoxy groups -OCH3 is 1. The van der Waals surface area contributed by atoms with Crippen LogP contribution in [0.15, 0.2) is 48.0 Å². The highest BCUT2D eigenvalue weighted by Crippen LogP contribution is 2.58. The van der Waals surface area contributed by atoms with Crippen LogP contribution in [0.5, 0.6) is 0 Å². The first kappa shape index (κ1) is 21.0. The van der Waals surface area contributed by atoms with Crippen LogP contribution in [0.2, 0.25) is 0 Å². The molecule has 3 atom stereocenters. The lowest BCUT2D eigenvalue weighted by Gasteiger charge is -2.25. The number of rotatable bonds is 4. The summed E-state index contributed by atoms with van der Waals surface area (Å²) in [6, 6.07) is 15.2. The summed E-state index contributed by atoms with van der Waals surface area (Å²) in [4.78, 5) is 15.4. The van der Waals surface area contributed by atoms with Crippen LogP contribution in [0.1, 0.15) is 39.9 Å². The first-order valence-corrected chi connectivity index (χ1v) is 11.0. The standard InChI is InChI=1S/C27H22N4O2/c1-33-14-21-10-27(15-31(21)16-30)11-25(27)22-6-5-19-8-20(13-29)23(9-24(19)26(22)32)18-4-2-3-17(7-18)12-28/h2-4,7-9,11,21-22H,5-6,10,14-15H2,1H3/t21-,22?,27?/m0/s1. The minimum atomic E-state index is -0.189. The SMILES string of the molecule is COC[C@@H]1CC2(C=C2C2CCc3cc(C#N)c(-c4cccc(C#N)c4)cc3C2=O)CN1C#N. The van der Waals surface area contributed by atoms with E-state index in [9.17, 15) is 20.6 Å². The maximum absolute atomic E-state index is 13.6. The quantitative estimate of drug-likeness (QED) is 0.533. The fourth-order valence-corrected chi connectivity index (χ4v) is 5.59. The minimum absolute atomic E-state index is 0.0388. The Kier molecular flexibility index (Phi) is 5.01. The molecular formula is C27H22N4O2. The average molecular weight is 434 g/mol. The topological polar surface area (TPSA) is 101 Å². The van der Waals surface area contributed by atoms with Gasteiger partial charge in [0.15, 0.2) is 12.0 Å². The number of aryl methyl sites for hydroxylation is 1. The lowest BCUT2D eigenvalue weighted by molar-refractivity contribution is 0.0921. The Bertz CT molecular complexity index is 1320. The second-order valence-electron chi connectivity index (χ2n) is 9.11. The Morgan fingerprint density at radius 2 is 2.00 bits per heavy atom. The third-order valence-corrected chi connectivity index (χ3v) is 7.23. The zero-order valence-corrected chi connectivity index (χ0v) is 18.3. The third kappa shape index (κ3) is 3.39. The van der Waals surface area contributed by atoms with Crippen molar-refractivity contribution >= 4 is 5.78 Å². The number of fused-ring (bicyclic) bond motifs is 1. The molecule has 33 heavy (non-hydrogen) atoms. The van der Waals surface area contributed by atoms with Crippen molar-refractivity contribution in [3.8, 4) is 29.5 Å². The van der Waals surface area contributed by atoms with Crippen molar-refractivity contribution in [3.63, 3.8) is 0 Å². The minimum Gasteiger partial charge on any atom is -0.383 e. The van der Waals surface area contributed by atoms with Gasteiger partial charge < -0.3 is 9.64 Å². The molecule has 0 bridgehead atoms. The fraction of sp³-hybridized carbons (Fsp3) is 0.333. The van der Waals surface area contributed by atoms with Gasteiger partial charge in [0.05, 0.1) is 35.9 Å². The van der Waals surface area contributed by atoms with Crippen LogP contribution in [0.4, 0.5) is 0 Å². The number of nitriles is 3. The second-order valence-corrected chi connectivity index (χ2v) is 9.11. The number of carbonyl (C=O) groups is 1. The molecule has 0 saturated carbocycles. The van der Waals surface area contributed by atoms with Crippen molar-refractivity contribution in [2.24, 2.45) is 11.3 Å². The van der Waals surface area contributed by atoms with E-state index in [1.807, 2.05) is 18.2 Å². The number of ketones is 1. The number of carbonyl (C=O) groups excluding carboxylic acids is 1. The van der Waals surface area contributed by atoms with Gasteiger partial charge in [0.25, 0.3) is 0 Å². The molecule has 0 N–H and O–H groups in total. The molecule has 3 aliphatic rings. The largest absolute Gasteiger partial charge is 0.383 e. The zero-order valence-electron chi connectivity index (χ0n) is 18.3. The number of hydrogen-bond donors (Lipinski definition) is 0. The van der Waals surface area contributed by atoms with Gasteiger partial charge >= 0.3 is 0 Å². The smallest absolute Gasteiger partial charge is 0.179 e. The number of benzene rings is 2. The molecule has 6 nitrogen and oxygen atoms in total. The molecule has 2 unspecified atom stereocenters. The van der Waals surface area contributed by atoms with Crippen LogP contribution >= 0.6 is 0 Å². The van der Waals surface area contributed by atoms with Crippen molar-refractivity contribution < 1.29 is 9.53 Å². The number of hydrogen-bond acceptors (Lipinski definition) is 6. The molecule has 0 aromatic heterocycles. The van der Waals surface area contributed by atoms with Gasteiger partial charge in [0.1, 0.15) is 0 Å². The molecular weight excluding hydrogens is 412 g/mol. The summed E-state index contributed by atoms with van der Waals surface area (Å²) in [5, 5.41) is 28.5. The highest BCUT2D eigenvalue weighted by atomic mass is 16.5. The molecule has 1 spiro atoms. The van der Waals surface area contributed by atoms with Gasteiger partial charge in [0, 0.05) is 36.1 Å². The van der Waals surface area contributed by atoms with Gasteiger partial charge in [-0.05, 0) is 54.7 Å². The van der Waals surface area contributed by atoms with Crippen molar-refractivity contribution in [2.75, 3.05) is 20.3 Å². The van der Waals surface area contributed by atoms with Crippen LogP contribution < -0.4 is 0 Å². The molecule has 2 aliphatic carbocycles. The summed E-state index contributed by atoms with van der Waals surface area (Å²) < 4.78 is 5.29. The molecule has 0 amide bonds. The first-order valence-electron chi connectivity index (χ1n) is 11.0. The van der Waals surface area contributed by atoms with Gasteiger partial charge in [-0.15, -0.1) is 0 Å². The van der Waals surface area contributed by atoms with Crippen LogP contribution in [0, 0.1) is 45.5 Å². The van der Waals surface area contributed by atoms with Crippen molar-refractivity contribution in [3.05, 3.63) is 70.3 Å². The zero-order chi connectivity index (χ0) is 23.2. The normalized spacial score (nSPS) is 25.1. The van der Waals surface area contributed by atoms with Gasteiger partial charge in [-0.2, -0.15) is 15.8 Å². The first-order chi connectivity index (χ1) is 16.0. The summed E-state index contributed by atoms with van der Waals surface area (Å²) >= 11 is 0. The lowest BCUT2D eigenvalue weighted by atomic mass is 9.76. The number of likely N-dealkylation sites (tertiary alicyclic amines) is 1. The summed E-state index contributed by atoms with van der Waals surface area (Å²) in [5.41, 5.74) is 5.01. The molecule has 6 heteroatoms. The summed E-state index contributed by atoms with van der Waals surface area (Å²) in [6.45, 7) is 1.11. The van der Waals surface area contributed by atoms with Gasteiger partial charge in [-0.1, -0.05) is 23.8 Å².